The van der Waals surface area contributed by atoms with Gasteiger partial charge < -0.3 is 9.80 Å². The van der Waals surface area contributed by atoms with Crippen LogP contribution in [0.15, 0.2) is 35.9 Å². The van der Waals surface area contributed by atoms with Crippen LogP contribution in [-0.2, 0) is 11.2 Å². The summed E-state index contributed by atoms with van der Waals surface area (Å²) >= 11 is 0. The molecule has 0 aromatic heterocycles. The Balaban J connectivity index is 1.65. The van der Waals surface area contributed by atoms with Crippen molar-refractivity contribution in [3.8, 4) is 0 Å². The number of anilines is 1. The number of fused-ring (bicyclic) bond motifs is 1. The number of carbonyl (C=O) groups excluding carboxylic acids is 1. The van der Waals surface area contributed by atoms with Crippen LogP contribution in [0.1, 0.15) is 18.9 Å². The lowest BCUT2D eigenvalue weighted by atomic mass is 10.1. The Hall–Kier alpha value is -1.77. The lowest BCUT2D eigenvalue weighted by molar-refractivity contribution is -0.129. The summed E-state index contributed by atoms with van der Waals surface area (Å²) in [6.45, 7) is 5.27. The topological polar surface area (TPSA) is 23.6 Å². The largest absolute Gasteiger partial charge is 0.362 e. The van der Waals surface area contributed by atoms with Crippen molar-refractivity contribution in [3.63, 3.8) is 0 Å². The predicted molar refractivity (Wildman–Crippen MR) is 77.3 cm³/mol. The number of hydrogen-bond donors (Lipinski definition) is 0. The number of benzene rings is 1. The first-order valence-corrected chi connectivity index (χ1v) is 7.00. The number of rotatable bonds is 2. The Morgan fingerprint density at radius 2 is 2.05 bits per heavy atom. The summed E-state index contributed by atoms with van der Waals surface area (Å²) < 4.78 is 0. The molecule has 0 unspecified atom stereocenters. The molecule has 1 aromatic carbocycles. The maximum Gasteiger partial charge on any atom is 0.242 e. The second kappa shape index (κ2) is 5.08. The first kappa shape index (κ1) is 12.3. The van der Waals surface area contributed by atoms with Crippen LogP contribution in [0.2, 0.25) is 0 Å². The molecule has 0 spiro atoms. The van der Waals surface area contributed by atoms with Crippen LogP contribution in [0.5, 0.6) is 0 Å². The monoisotopic (exact) mass is 256 g/mol. The summed E-state index contributed by atoms with van der Waals surface area (Å²) in [5, 5.41) is 0. The molecule has 0 saturated heterocycles. The molecule has 0 aliphatic carbocycles. The second-order valence-corrected chi connectivity index (χ2v) is 5.44. The Kier molecular flexibility index (Phi) is 3.28. The molecule has 2 heterocycles. The Morgan fingerprint density at radius 1 is 1.21 bits per heavy atom. The lowest BCUT2D eigenvalue weighted by Crippen LogP contribution is -2.41. The second-order valence-electron chi connectivity index (χ2n) is 5.44. The molecule has 2 aliphatic heterocycles. The average Bonchev–Trinajstić information content (AvgIpc) is 2.83. The molecule has 0 saturated carbocycles. The van der Waals surface area contributed by atoms with Crippen LogP contribution in [0.4, 0.5) is 5.69 Å². The summed E-state index contributed by atoms with van der Waals surface area (Å²) in [6.07, 6.45) is 4.24. The van der Waals surface area contributed by atoms with E-state index in [1.807, 2.05) is 4.90 Å². The maximum absolute atomic E-state index is 12.3. The van der Waals surface area contributed by atoms with Gasteiger partial charge in [-0.1, -0.05) is 29.8 Å². The molecular weight excluding hydrogens is 236 g/mol. The molecule has 0 N–H and O–H groups in total. The number of amides is 1. The molecule has 19 heavy (non-hydrogen) atoms. The van der Waals surface area contributed by atoms with E-state index < -0.39 is 0 Å². The van der Waals surface area contributed by atoms with Crippen LogP contribution >= 0.6 is 0 Å². The van der Waals surface area contributed by atoms with Gasteiger partial charge in [-0.2, -0.15) is 0 Å². The first-order chi connectivity index (χ1) is 9.24. The van der Waals surface area contributed by atoms with Gasteiger partial charge in [-0.3, -0.25) is 4.79 Å². The van der Waals surface area contributed by atoms with E-state index in [1.54, 1.807) is 0 Å². The fourth-order valence-corrected chi connectivity index (χ4v) is 2.83. The minimum Gasteiger partial charge on any atom is -0.362 e. The van der Waals surface area contributed by atoms with Gasteiger partial charge in [0.2, 0.25) is 5.91 Å². The molecular formula is C16H20N2O. The molecule has 3 rings (SSSR count). The van der Waals surface area contributed by atoms with Crippen molar-refractivity contribution in [2.75, 3.05) is 31.1 Å². The van der Waals surface area contributed by atoms with Gasteiger partial charge in [-0.15, -0.1) is 0 Å². The molecule has 100 valence electrons. The third kappa shape index (κ3) is 2.50. The van der Waals surface area contributed by atoms with Gasteiger partial charge in [0.15, 0.2) is 0 Å². The van der Waals surface area contributed by atoms with Crippen molar-refractivity contribution in [1.29, 1.82) is 0 Å². The van der Waals surface area contributed by atoms with Crippen LogP contribution < -0.4 is 4.90 Å². The Morgan fingerprint density at radius 3 is 2.84 bits per heavy atom. The molecule has 0 radical (unpaired) electrons. The highest BCUT2D eigenvalue weighted by molar-refractivity contribution is 5.82. The van der Waals surface area contributed by atoms with E-state index in [0.29, 0.717) is 6.54 Å². The molecule has 1 aromatic rings. The average molecular weight is 256 g/mol. The predicted octanol–water partition coefficient (Wildman–Crippen LogP) is 2.23. The number of carbonyl (C=O) groups is 1. The third-order valence-corrected chi connectivity index (χ3v) is 4.10. The van der Waals surface area contributed by atoms with E-state index in [2.05, 4.69) is 42.2 Å². The minimum absolute atomic E-state index is 0.250. The van der Waals surface area contributed by atoms with E-state index in [9.17, 15) is 4.79 Å². The summed E-state index contributed by atoms with van der Waals surface area (Å²) in [7, 11) is 0. The van der Waals surface area contributed by atoms with Gasteiger partial charge in [-0.25, -0.2) is 0 Å². The molecule has 0 bridgehead atoms. The van der Waals surface area contributed by atoms with E-state index >= 15 is 0 Å². The number of nitrogens with zero attached hydrogens (tertiary/aromatic N) is 2. The van der Waals surface area contributed by atoms with Crippen molar-refractivity contribution >= 4 is 11.6 Å². The van der Waals surface area contributed by atoms with Gasteiger partial charge in [0.25, 0.3) is 0 Å². The van der Waals surface area contributed by atoms with Crippen LogP contribution in [-0.4, -0.2) is 37.0 Å². The normalized spacial score (nSPS) is 18.3. The van der Waals surface area contributed by atoms with E-state index in [1.165, 1.54) is 16.8 Å². The van der Waals surface area contributed by atoms with Gasteiger partial charge in [0.05, 0.1) is 6.54 Å². The van der Waals surface area contributed by atoms with Crippen molar-refractivity contribution in [2.45, 2.75) is 19.8 Å². The molecule has 1 amide bonds. The van der Waals surface area contributed by atoms with Crippen LogP contribution in [0, 0.1) is 0 Å². The zero-order valence-corrected chi connectivity index (χ0v) is 11.4. The zero-order valence-electron chi connectivity index (χ0n) is 11.4. The van der Waals surface area contributed by atoms with Crippen molar-refractivity contribution in [2.24, 2.45) is 0 Å². The summed E-state index contributed by atoms with van der Waals surface area (Å²) in [5.74, 6) is 0.250. The van der Waals surface area contributed by atoms with Crippen LogP contribution in [0.25, 0.3) is 0 Å². The van der Waals surface area contributed by atoms with Crippen molar-refractivity contribution < 1.29 is 4.79 Å². The Labute approximate surface area is 114 Å². The van der Waals surface area contributed by atoms with E-state index in [0.717, 1.165) is 32.5 Å². The molecule has 3 heteroatoms. The summed E-state index contributed by atoms with van der Waals surface area (Å²) in [6, 6.07) is 8.40. The smallest absolute Gasteiger partial charge is 0.242 e. The maximum atomic E-state index is 12.3. The van der Waals surface area contributed by atoms with Crippen molar-refractivity contribution in [3.05, 3.63) is 41.5 Å². The summed E-state index contributed by atoms with van der Waals surface area (Å²) in [5.41, 5.74) is 4.00. The standard InChI is InChI=1S/C16H20N2O/c1-13-6-9-17(10-7-13)16(19)12-18-11-8-14-4-2-3-5-15(14)18/h2-6H,7-12H2,1H3. The highest BCUT2D eigenvalue weighted by atomic mass is 16.2. The molecule has 3 nitrogen and oxygen atoms in total. The third-order valence-electron chi connectivity index (χ3n) is 4.10. The number of para-hydroxylation sites is 1. The zero-order chi connectivity index (χ0) is 13.2. The van der Waals surface area contributed by atoms with Gasteiger partial charge in [0.1, 0.15) is 0 Å². The van der Waals surface area contributed by atoms with E-state index in [-0.39, 0.29) is 5.91 Å². The lowest BCUT2D eigenvalue weighted by Gasteiger charge is -2.28. The molecule has 2 aliphatic rings. The quantitative estimate of drug-likeness (QED) is 0.758. The van der Waals surface area contributed by atoms with Gasteiger partial charge >= 0.3 is 0 Å². The summed E-state index contributed by atoms with van der Waals surface area (Å²) in [4.78, 5) is 16.5. The highest BCUT2D eigenvalue weighted by Crippen LogP contribution is 2.27. The first-order valence-electron chi connectivity index (χ1n) is 7.00. The van der Waals surface area contributed by atoms with Crippen molar-refractivity contribution in [1.82, 2.24) is 4.90 Å². The van der Waals surface area contributed by atoms with E-state index in [4.69, 9.17) is 0 Å². The fraction of sp³-hybridized carbons (Fsp3) is 0.438. The fourth-order valence-electron chi connectivity index (χ4n) is 2.83. The van der Waals surface area contributed by atoms with Crippen LogP contribution in [0.3, 0.4) is 0 Å². The van der Waals surface area contributed by atoms with Gasteiger partial charge in [-0.05, 0) is 31.4 Å². The minimum atomic E-state index is 0.250. The SMILES string of the molecule is CC1=CCN(C(=O)CN2CCc3ccccc32)CC1. The molecule has 0 fully saturated rings. The highest BCUT2D eigenvalue weighted by Gasteiger charge is 2.23. The molecule has 0 atom stereocenters. The Bertz CT molecular complexity index is 521. The number of hydrogen-bond acceptors (Lipinski definition) is 2. The van der Waals surface area contributed by atoms with Gasteiger partial charge in [0, 0.05) is 25.3 Å².